The van der Waals surface area contributed by atoms with Gasteiger partial charge in [-0.05, 0) is 50.2 Å². The molecule has 0 spiro atoms. The molecule has 0 fully saturated rings. The maximum Gasteiger partial charge on any atom is 0.192 e. The summed E-state index contributed by atoms with van der Waals surface area (Å²) in [5, 5.41) is 3.99. The second-order valence-electron chi connectivity index (χ2n) is 7.30. The number of thiocarbonyl (C=S) groups is 2. The van der Waals surface area contributed by atoms with Crippen molar-refractivity contribution in [1.82, 2.24) is 5.32 Å². The highest BCUT2D eigenvalue weighted by molar-refractivity contribution is 7.80. The Morgan fingerprint density at radius 1 is 0.958 bits per heavy atom. The molecular formula is C20H19NOS2. The molecule has 0 saturated carbocycles. The lowest BCUT2D eigenvalue weighted by atomic mass is 9.85. The number of hydrogen-bond acceptors (Lipinski definition) is 3. The molecule has 2 heterocycles. The third-order valence-corrected chi connectivity index (χ3v) is 5.63. The van der Waals surface area contributed by atoms with E-state index in [0.29, 0.717) is 5.05 Å². The van der Waals surface area contributed by atoms with Crippen LogP contribution in [0.15, 0.2) is 42.5 Å². The Morgan fingerprint density at radius 3 is 2.50 bits per heavy atom. The van der Waals surface area contributed by atoms with Crippen LogP contribution in [0.5, 0.6) is 0 Å². The molecule has 2 nitrogen and oxygen atoms in total. The van der Waals surface area contributed by atoms with Crippen LogP contribution in [0.3, 0.4) is 0 Å². The molecule has 1 N–H and O–H groups in total. The summed E-state index contributed by atoms with van der Waals surface area (Å²) in [4.78, 5) is 0.830. The summed E-state index contributed by atoms with van der Waals surface area (Å²) in [5.41, 5.74) is 5.28. The van der Waals surface area contributed by atoms with Crippen LogP contribution >= 0.6 is 24.4 Å². The second kappa shape index (κ2) is 5.11. The van der Waals surface area contributed by atoms with Crippen molar-refractivity contribution < 1.29 is 4.74 Å². The van der Waals surface area contributed by atoms with Gasteiger partial charge in [-0.1, -0.05) is 48.6 Å². The molecule has 2 aromatic carbocycles. The Kier molecular flexibility index (Phi) is 3.35. The number of ether oxygens (including phenoxy) is 1. The number of hydrogen-bond donors (Lipinski definition) is 1. The van der Waals surface area contributed by atoms with Crippen molar-refractivity contribution in [2.75, 3.05) is 0 Å². The Morgan fingerprint density at radius 2 is 1.71 bits per heavy atom. The lowest BCUT2D eigenvalue weighted by molar-refractivity contribution is 0.0931. The molecular weight excluding hydrogens is 334 g/mol. The summed E-state index contributed by atoms with van der Waals surface area (Å²) in [5.74, 6) is 0. The zero-order valence-corrected chi connectivity index (χ0v) is 15.6. The summed E-state index contributed by atoms with van der Waals surface area (Å²) in [7, 11) is 0. The third kappa shape index (κ3) is 2.28. The van der Waals surface area contributed by atoms with Crippen LogP contribution in [0.1, 0.15) is 48.6 Å². The van der Waals surface area contributed by atoms with Gasteiger partial charge in [-0.3, -0.25) is 0 Å². The van der Waals surface area contributed by atoms with Gasteiger partial charge in [0, 0.05) is 23.1 Å². The Balaban J connectivity index is 1.73. The van der Waals surface area contributed by atoms with Gasteiger partial charge in [-0.2, -0.15) is 0 Å². The van der Waals surface area contributed by atoms with E-state index >= 15 is 0 Å². The Hall–Kier alpha value is -1.78. The van der Waals surface area contributed by atoms with Gasteiger partial charge in [0.25, 0.3) is 0 Å². The molecule has 2 aromatic rings. The van der Waals surface area contributed by atoms with Gasteiger partial charge in [0.05, 0.1) is 5.54 Å². The fraction of sp³-hybridized carbons (Fsp3) is 0.300. The molecule has 24 heavy (non-hydrogen) atoms. The van der Waals surface area contributed by atoms with Crippen LogP contribution in [-0.2, 0) is 22.3 Å². The average Bonchev–Trinajstić information content (AvgIpc) is 2.91. The van der Waals surface area contributed by atoms with E-state index in [-0.39, 0.29) is 5.54 Å². The van der Waals surface area contributed by atoms with E-state index in [1.807, 2.05) is 18.2 Å². The maximum absolute atomic E-state index is 6.11. The highest BCUT2D eigenvalue weighted by Crippen LogP contribution is 2.40. The van der Waals surface area contributed by atoms with Crippen LogP contribution < -0.4 is 5.32 Å². The minimum absolute atomic E-state index is 0.132. The molecule has 0 amide bonds. The molecule has 122 valence electrons. The SMILES string of the molecule is CC1(C)NC(=S)c2ccc(CC3(C)OC(=S)c4ccccc43)cc21. The monoisotopic (exact) mass is 353 g/mol. The van der Waals surface area contributed by atoms with E-state index in [9.17, 15) is 0 Å². The largest absolute Gasteiger partial charge is 0.471 e. The molecule has 0 radical (unpaired) electrons. The van der Waals surface area contributed by atoms with Crippen molar-refractivity contribution in [1.29, 1.82) is 0 Å². The van der Waals surface area contributed by atoms with E-state index in [4.69, 9.17) is 29.2 Å². The molecule has 1 unspecified atom stereocenters. The van der Waals surface area contributed by atoms with Gasteiger partial charge in [0.1, 0.15) is 10.6 Å². The molecule has 2 aliphatic rings. The van der Waals surface area contributed by atoms with Gasteiger partial charge in [0.15, 0.2) is 5.05 Å². The predicted molar refractivity (Wildman–Crippen MR) is 105 cm³/mol. The van der Waals surface area contributed by atoms with E-state index in [0.717, 1.165) is 22.5 Å². The maximum atomic E-state index is 6.11. The Bertz CT molecular complexity index is 887. The van der Waals surface area contributed by atoms with Crippen LogP contribution in [0.2, 0.25) is 0 Å². The summed E-state index contributed by atoms with van der Waals surface area (Å²) < 4.78 is 6.11. The highest BCUT2D eigenvalue weighted by atomic mass is 32.1. The van der Waals surface area contributed by atoms with Crippen molar-refractivity contribution in [3.63, 3.8) is 0 Å². The summed E-state index contributed by atoms with van der Waals surface area (Å²) in [6.45, 7) is 6.44. The number of benzene rings is 2. The first kappa shape index (κ1) is 15.7. The molecule has 0 saturated heterocycles. The first-order chi connectivity index (χ1) is 11.3. The standard InChI is InChI=1S/C20H19NOS2/c1-19(2)16-10-12(8-9-13(16)17(23)21-19)11-20(3)15-7-5-4-6-14(15)18(24)22-20/h4-10H,11H2,1-3H3,(H,21,23). The molecule has 4 rings (SSSR count). The van der Waals surface area contributed by atoms with Crippen molar-refractivity contribution >= 4 is 34.5 Å². The van der Waals surface area contributed by atoms with Crippen LogP contribution in [0, 0.1) is 0 Å². The Labute approximate surface area is 153 Å². The van der Waals surface area contributed by atoms with Gasteiger partial charge >= 0.3 is 0 Å². The van der Waals surface area contributed by atoms with Crippen molar-refractivity contribution in [3.8, 4) is 0 Å². The van der Waals surface area contributed by atoms with Gasteiger partial charge < -0.3 is 10.1 Å². The minimum atomic E-state index is -0.418. The quantitative estimate of drug-likeness (QED) is 0.809. The number of nitrogens with one attached hydrogen (secondary N) is 1. The van der Waals surface area contributed by atoms with E-state index < -0.39 is 5.60 Å². The van der Waals surface area contributed by atoms with Crippen LogP contribution in [0.4, 0.5) is 0 Å². The average molecular weight is 354 g/mol. The lowest BCUT2D eigenvalue weighted by Crippen LogP contribution is -2.32. The normalized spacial score (nSPS) is 23.5. The highest BCUT2D eigenvalue weighted by Gasteiger charge is 2.40. The smallest absolute Gasteiger partial charge is 0.192 e. The van der Waals surface area contributed by atoms with E-state index in [1.54, 1.807) is 0 Å². The number of fused-ring (bicyclic) bond motifs is 2. The zero-order chi connectivity index (χ0) is 17.1. The lowest BCUT2D eigenvalue weighted by Gasteiger charge is -2.26. The van der Waals surface area contributed by atoms with Crippen LogP contribution in [-0.4, -0.2) is 10.0 Å². The molecule has 1 atom stereocenters. The van der Waals surface area contributed by atoms with E-state index in [1.165, 1.54) is 16.7 Å². The topological polar surface area (TPSA) is 21.3 Å². The summed E-state index contributed by atoms with van der Waals surface area (Å²) >= 11 is 10.9. The number of rotatable bonds is 2. The predicted octanol–water partition coefficient (Wildman–Crippen LogP) is 4.36. The molecule has 0 aromatic heterocycles. The fourth-order valence-electron chi connectivity index (χ4n) is 3.79. The fourth-order valence-corrected chi connectivity index (χ4v) is 4.59. The summed E-state index contributed by atoms with van der Waals surface area (Å²) in [6.07, 6.45) is 0.778. The second-order valence-corrected chi connectivity index (χ2v) is 8.08. The van der Waals surface area contributed by atoms with Gasteiger partial charge in [-0.15, -0.1) is 0 Å². The molecule has 0 aliphatic carbocycles. The van der Waals surface area contributed by atoms with Crippen molar-refractivity contribution in [3.05, 3.63) is 70.3 Å². The third-order valence-electron chi connectivity index (χ3n) is 5.00. The van der Waals surface area contributed by atoms with Crippen molar-refractivity contribution in [2.45, 2.75) is 38.3 Å². The first-order valence-corrected chi connectivity index (χ1v) is 8.91. The van der Waals surface area contributed by atoms with E-state index in [2.05, 4.69) is 50.4 Å². The van der Waals surface area contributed by atoms with Gasteiger partial charge in [-0.25, -0.2) is 0 Å². The first-order valence-electron chi connectivity index (χ1n) is 8.09. The summed E-state index contributed by atoms with van der Waals surface area (Å²) in [6, 6.07) is 14.7. The zero-order valence-electron chi connectivity index (χ0n) is 14.0. The van der Waals surface area contributed by atoms with Crippen molar-refractivity contribution in [2.24, 2.45) is 0 Å². The van der Waals surface area contributed by atoms with Crippen LogP contribution in [0.25, 0.3) is 0 Å². The molecule has 0 bridgehead atoms. The minimum Gasteiger partial charge on any atom is -0.471 e. The van der Waals surface area contributed by atoms with Gasteiger partial charge in [0.2, 0.25) is 0 Å². The molecule has 4 heteroatoms. The molecule has 2 aliphatic heterocycles.